The molecule has 0 saturated heterocycles. The summed E-state index contributed by atoms with van der Waals surface area (Å²) >= 11 is 4.15. The highest BCUT2D eigenvalue weighted by Crippen LogP contribution is 2.08. The van der Waals surface area contributed by atoms with Gasteiger partial charge in [-0.05, 0) is 25.1 Å². The van der Waals surface area contributed by atoms with Crippen LogP contribution in [0, 0.1) is 11.8 Å². The molecule has 2 nitrogen and oxygen atoms in total. The summed E-state index contributed by atoms with van der Waals surface area (Å²) in [6, 6.07) is 7.08. The fourth-order valence-electron chi connectivity index (χ4n) is 0.962. The minimum absolute atomic E-state index is 0.122. The molecule has 72 valence electrons. The lowest BCUT2D eigenvalue weighted by Crippen LogP contribution is -2.23. The standard InChI is InChI=1S/C11H11NOS/c1-2-3-7-12-11(13)9-5-4-6-10(14)8-9/h4-6,8,14H,7H2,1H3,(H,12,13). The first-order valence-electron chi connectivity index (χ1n) is 4.21. The third-order valence-corrected chi connectivity index (χ3v) is 1.90. The van der Waals surface area contributed by atoms with Crippen molar-refractivity contribution in [1.29, 1.82) is 0 Å². The normalized spacial score (nSPS) is 8.71. The van der Waals surface area contributed by atoms with E-state index in [0.29, 0.717) is 12.1 Å². The fraction of sp³-hybridized carbons (Fsp3) is 0.182. The van der Waals surface area contributed by atoms with E-state index in [2.05, 4.69) is 29.8 Å². The van der Waals surface area contributed by atoms with Crippen LogP contribution in [0.15, 0.2) is 29.2 Å². The lowest BCUT2D eigenvalue weighted by molar-refractivity contribution is 0.0958. The Morgan fingerprint density at radius 1 is 1.57 bits per heavy atom. The highest BCUT2D eigenvalue weighted by Gasteiger charge is 2.02. The number of amides is 1. The van der Waals surface area contributed by atoms with Crippen LogP contribution in [0.4, 0.5) is 0 Å². The summed E-state index contributed by atoms with van der Waals surface area (Å²) in [5, 5.41) is 2.68. The minimum Gasteiger partial charge on any atom is -0.341 e. The average molecular weight is 205 g/mol. The van der Waals surface area contributed by atoms with Crippen molar-refractivity contribution in [3.8, 4) is 11.8 Å². The highest BCUT2D eigenvalue weighted by molar-refractivity contribution is 7.80. The van der Waals surface area contributed by atoms with E-state index in [1.54, 1.807) is 25.1 Å². The molecule has 0 aromatic heterocycles. The van der Waals surface area contributed by atoms with Crippen molar-refractivity contribution in [3.05, 3.63) is 29.8 Å². The number of rotatable bonds is 2. The number of carbonyl (C=O) groups excluding carboxylic acids is 1. The molecule has 14 heavy (non-hydrogen) atoms. The van der Waals surface area contributed by atoms with Crippen LogP contribution in [0.3, 0.4) is 0 Å². The molecule has 0 bridgehead atoms. The maximum Gasteiger partial charge on any atom is 0.252 e. The molecule has 0 fully saturated rings. The van der Waals surface area contributed by atoms with Crippen molar-refractivity contribution in [2.24, 2.45) is 0 Å². The van der Waals surface area contributed by atoms with Gasteiger partial charge < -0.3 is 5.32 Å². The Balaban J connectivity index is 2.63. The average Bonchev–Trinajstić information content (AvgIpc) is 2.18. The van der Waals surface area contributed by atoms with Gasteiger partial charge in [-0.2, -0.15) is 0 Å². The monoisotopic (exact) mass is 205 g/mol. The molecule has 0 aliphatic carbocycles. The van der Waals surface area contributed by atoms with Crippen LogP contribution in [0.5, 0.6) is 0 Å². The third-order valence-electron chi connectivity index (χ3n) is 1.62. The molecule has 0 aliphatic rings. The molecule has 0 saturated carbocycles. The van der Waals surface area contributed by atoms with Gasteiger partial charge in [0.1, 0.15) is 0 Å². The molecule has 1 N–H and O–H groups in total. The van der Waals surface area contributed by atoms with Gasteiger partial charge in [-0.1, -0.05) is 12.0 Å². The molecule has 0 heterocycles. The maximum atomic E-state index is 11.5. The zero-order chi connectivity index (χ0) is 10.4. The summed E-state index contributed by atoms with van der Waals surface area (Å²) in [6.45, 7) is 2.12. The van der Waals surface area contributed by atoms with E-state index in [1.807, 2.05) is 6.07 Å². The Morgan fingerprint density at radius 2 is 2.36 bits per heavy atom. The van der Waals surface area contributed by atoms with Crippen molar-refractivity contribution in [3.63, 3.8) is 0 Å². The van der Waals surface area contributed by atoms with Crippen molar-refractivity contribution in [2.45, 2.75) is 11.8 Å². The first-order chi connectivity index (χ1) is 6.74. The number of nitrogens with one attached hydrogen (secondary N) is 1. The number of benzene rings is 1. The summed E-state index contributed by atoms with van der Waals surface area (Å²) in [5.74, 6) is 5.35. The number of carbonyl (C=O) groups is 1. The number of thiol groups is 1. The Labute approximate surface area is 89.1 Å². The van der Waals surface area contributed by atoms with Crippen LogP contribution in [0.25, 0.3) is 0 Å². The van der Waals surface area contributed by atoms with Crippen molar-refractivity contribution in [2.75, 3.05) is 6.54 Å². The Hall–Kier alpha value is -1.40. The van der Waals surface area contributed by atoms with Crippen molar-refractivity contribution >= 4 is 18.5 Å². The quantitative estimate of drug-likeness (QED) is 0.559. The van der Waals surface area contributed by atoms with Crippen molar-refractivity contribution < 1.29 is 4.79 Å². The molecule has 1 rings (SSSR count). The molecular formula is C11H11NOS. The maximum absolute atomic E-state index is 11.5. The summed E-state index contributed by atoms with van der Waals surface area (Å²) in [6.07, 6.45) is 0. The first-order valence-corrected chi connectivity index (χ1v) is 4.65. The van der Waals surface area contributed by atoms with Gasteiger partial charge >= 0.3 is 0 Å². The second kappa shape index (κ2) is 5.36. The zero-order valence-electron chi connectivity index (χ0n) is 7.87. The van der Waals surface area contributed by atoms with E-state index in [4.69, 9.17) is 0 Å². The summed E-state index contributed by atoms with van der Waals surface area (Å²) in [5.41, 5.74) is 0.607. The number of hydrogen-bond donors (Lipinski definition) is 2. The zero-order valence-corrected chi connectivity index (χ0v) is 8.77. The van der Waals surface area contributed by atoms with E-state index < -0.39 is 0 Å². The largest absolute Gasteiger partial charge is 0.341 e. The summed E-state index contributed by atoms with van der Waals surface area (Å²) < 4.78 is 0. The molecule has 1 amide bonds. The van der Waals surface area contributed by atoms with Crippen molar-refractivity contribution in [1.82, 2.24) is 5.32 Å². The van der Waals surface area contributed by atoms with Crippen LogP contribution in [-0.4, -0.2) is 12.5 Å². The summed E-state index contributed by atoms with van der Waals surface area (Å²) in [4.78, 5) is 12.2. The van der Waals surface area contributed by atoms with Gasteiger partial charge in [0.2, 0.25) is 0 Å². The Bertz CT molecular complexity index is 390. The molecule has 0 aliphatic heterocycles. The van der Waals surface area contributed by atoms with Crippen LogP contribution >= 0.6 is 12.6 Å². The second-order valence-electron chi connectivity index (χ2n) is 2.66. The topological polar surface area (TPSA) is 29.1 Å². The van der Waals surface area contributed by atoms with Gasteiger partial charge in [-0.25, -0.2) is 0 Å². The lowest BCUT2D eigenvalue weighted by atomic mass is 10.2. The second-order valence-corrected chi connectivity index (χ2v) is 3.18. The smallest absolute Gasteiger partial charge is 0.252 e. The van der Waals surface area contributed by atoms with Crippen LogP contribution in [0.2, 0.25) is 0 Å². The van der Waals surface area contributed by atoms with Gasteiger partial charge in [0.05, 0.1) is 6.54 Å². The van der Waals surface area contributed by atoms with Gasteiger partial charge in [0, 0.05) is 10.5 Å². The third kappa shape index (κ3) is 3.15. The van der Waals surface area contributed by atoms with E-state index >= 15 is 0 Å². The van der Waals surface area contributed by atoms with Crippen LogP contribution < -0.4 is 5.32 Å². The van der Waals surface area contributed by atoms with Gasteiger partial charge in [0.25, 0.3) is 5.91 Å². The molecular weight excluding hydrogens is 194 g/mol. The van der Waals surface area contributed by atoms with E-state index in [1.165, 1.54) is 0 Å². The molecule has 1 aromatic carbocycles. The van der Waals surface area contributed by atoms with E-state index in [0.717, 1.165) is 4.90 Å². The molecule has 0 unspecified atom stereocenters. The van der Waals surface area contributed by atoms with E-state index in [-0.39, 0.29) is 5.91 Å². The van der Waals surface area contributed by atoms with Crippen LogP contribution in [-0.2, 0) is 0 Å². The van der Waals surface area contributed by atoms with E-state index in [9.17, 15) is 4.79 Å². The predicted octanol–water partition coefficient (Wildman–Crippen LogP) is 1.73. The highest BCUT2D eigenvalue weighted by atomic mass is 32.1. The number of hydrogen-bond acceptors (Lipinski definition) is 2. The predicted molar refractivity (Wildman–Crippen MR) is 59.5 cm³/mol. The van der Waals surface area contributed by atoms with Gasteiger partial charge in [0.15, 0.2) is 0 Å². The molecule has 0 radical (unpaired) electrons. The minimum atomic E-state index is -0.122. The molecule has 3 heteroatoms. The SMILES string of the molecule is CC#CCNC(=O)c1cccc(S)c1. The van der Waals surface area contributed by atoms with Gasteiger partial charge in [-0.15, -0.1) is 18.5 Å². The molecule has 1 aromatic rings. The summed E-state index contributed by atoms with van der Waals surface area (Å²) in [7, 11) is 0. The lowest BCUT2D eigenvalue weighted by Gasteiger charge is -2.01. The first kappa shape index (κ1) is 10.7. The molecule has 0 atom stereocenters. The van der Waals surface area contributed by atoms with Gasteiger partial charge in [-0.3, -0.25) is 4.79 Å². The Morgan fingerprint density at radius 3 is 3.00 bits per heavy atom. The fourth-order valence-corrected chi connectivity index (χ4v) is 1.19. The Kier molecular flexibility index (Phi) is 4.09. The van der Waals surface area contributed by atoms with Crippen LogP contribution in [0.1, 0.15) is 17.3 Å². The molecule has 0 spiro atoms.